The van der Waals surface area contributed by atoms with E-state index in [9.17, 15) is 5.11 Å². The SMILES string of the molecule is CCC12C[NH+]3CC(CC)(C[NH+](C1)C3c1ccccc1)C2O. The predicted octanol–water partition coefficient (Wildman–Crippen LogP) is -0.350. The fraction of sp³-hybridized carbons (Fsp3) is 0.667. The highest BCUT2D eigenvalue weighted by Crippen LogP contribution is 2.44. The van der Waals surface area contributed by atoms with E-state index in [0.29, 0.717) is 6.17 Å². The summed E-state index contributed by atoms with van der Waals surface area (Å²) >= 11 is 0. The van der Waals surface area contributed by atoms with E-state index >= 15 is 0 Å². The van der Waals surface area contributed by atoms with E-state index in [-0.39, 0.29) is 16.9 Å². The Bertz CT molecular complexity index is 489. The van der Waals surface area contributed by atoms with Crippen LogP contribution in [0.2, 0.25) is 0 Å². The summed E-state index contributed by atoms with van der Waals surface area (Å²) < 4.78 is 0. The molecule has 4 heterocycles. The first-order valence-electron chi connectivity index (χ1n) is 8.56. The highest BCUT2D eigenvalue weighted by atomic mass is 16.3. The molecule has 0 unspecified atom stereocenters. The minimum absolute atomic E-state index is 0.0933. The minimum Gasteiger partial charge on any atom is -0.391 e. The summed E-state index contributed by atoms with van der Waals surface area (Å²) in [5, 5.41) is 11.1. The smallest absolute Gasteiger partial charge is 0.240 e. The van der Waals surface area contributed by atoms with Gasteiger partial charge in [0, 0.05) is 0 Å². The van der Waals surface area contributed by atoms with Gasteiger partial charge < -0.3 is 5.11 Å². The summed E-state index contributed by atoms with van der Waals surface area (Å²) in [4.78, 5) is 3.42. The van der Waals surface area contributed by atoms with Crippen LogP contribution in [0.3, 0.4) is 0 Å². The van der Waals surface area contributed by atoms with Gasteiger partial charge in [0.25, 0.3) is 0 Å². The zero-order valence-corrected chi connectivity index (χ0v) is 13.2. The molecule has 4 aliphatic heterocycles. The van der Waals surface area contributed by atoms with Crippen LogP contribution < -0.4 is 9.80 Å². The number of quaternary nitrogens is 2. The summed E-state index contributed by atoms with van der Waals surface area (Å²) in [6.45, 7) is 9.15. The Morgan fingerprint density at radius 3 is 1.86 bits per heavy atom. The maximum absolute atomic E-state index is 11.1. The molecule has 0 aromatic heterocycles. The number of piperidine rings is 2. The summed E-state index contributed by atoms with van der Waals surface area (Å²) in [6, 6.07) is 11.0. The third-order valence-electron chi connectivity index (χ3n) is 6.83. The number of aliphatic hydroxyl groups excluding tert-OH is 1. The van der Waals surface area contributed by atoms with Crippen LogP contribution in [0.15, 0.2) is 30.3 Å². The molecule has 0 aliphatic carbocycles. The van der Waals surface area contributed by atoms with E-state index in [1.165, 1.54) is 5.56 Å². The molecule has 3 nitrogen and oxygen atoms in total. The fourth-order valence-corrected chi connectivity index (χ4v) is 5.80. The average Bonchev–Trinajstić information content (AvgIpc) is 2.52. The Kier molecular flexibility index (Phi) is 2.97. The maximum atomic E-state index is 11.1. The molecule has 3 N–H and O–H groups in total. The molecule has 4 fully saturated rings. The molecule has 5 rings (SSSR count). The number of nitrogens with one attached hydrogen (secondary N) is 2. The zero-order valence-electron chi connectivity index (χ0n) is 13.2. The Labute approximate surface area is 127 Å². The van der Waals surface area contributed by atoms with E-state index in [1.807, 2.05) is 0 Å². The number of benzene rings is 1. The van der Waals surface area contributed by atoms with Crippen molar-refractivity contribution in [1.82, 2.24) is 0 Å². The largest absolute Gasteiger partial charge is 0.391 e. The number of hydrogen-bond donors (Lipinski definition) is 3. The van der Waals surface area contributed by atoms with Crippen molar-refractivity contribution in [2.75, 3.05) is 26.2 Å². The quantitative estimate of drug-likeness (QED) is 0.697. The topological polar surface area (TPSA) is 29.1 Å². The van der Waals surface area contributed by atoms with Gasteiger partial charge in [0.2, 0.25) is 6.17 Å². The van der Waals surface area contributed by atoms with Gasteiger partial charge in [-0.25, -0.2) is 0 Å². The molecule has 4 aliphatic rings. The molecular weight excluding hydrogens is 260 g/mol. The van der Waals surface area contributed by atoms with E-state index in [2.05, 4.69) is 44.2 Å². The molecule has 21 heavy (non-hydrogen) atoms. The zero-order chi connectivity index (χ0) is 14.7. The van der Waals surface area contributed by atoms with Gasteiger partial charge >= 0.3 is 0 Å². The monoisotopic (exact) mass is 288 g/mol. The predicted molar refractivity (Wildman–Crippen MR) is 82.0 cm³/mol. The highest BCUT2D eigenvalue weighted by Gasteiger charge is 2.69. The van der Waals surface area contributed by atoms with Crippen LogP contribution in [0.1, 0.15) is 38.4 Å². The van der Waals surface area contributed by atoms with Crippen molar-refractivity contribution in [1.29, 1.82) is 0 Å². The Morgan fingerprint density at radius 1 is 0.952 bits per heavy atom. The number of hydrogen-bond acceptors (Lipinski definition) is 1. The fourth-order valence-electron chi connectivity index (χ4n) is 5.80. The van der Waals surface area contributed by atoms with Gasteiger partial charge in [0.15, 0.2) is 0 Å². The second-order valence-electron chi connectivity index (χ2n) is 7.70. The molecule has 1 aromatic rings. The van der Waals surface area contributed by atoms with Crippen molar-refractivity contribution in [3.63, 3.8) is 0 Å². The summed E-state index contributed by atoms with van der Waals surface area (Å²) in [5.41, 5.74) is 1.79. The lowest BCUT2D eigenvalue weighted by atomic mass is 9.57. The molecule has 1 aromatic carbocycles. The van der Waals surface area contributed by atoms with Gasteiger partial charge in [-0.3, -0.25) is 9.80 Å². The lowest BCUT2D eigenvalue weighted by Gasteiger charge is -2.64. The number of rotatable bonds is 3. The van der Waals surface area contributed by atoms with Gasteiger partial charge in [-0.15, -0.1) is 0 Å². The standard InChI is InChI=1S/C18H26N2O/c1-3-17-10-19-12-18(4-2,16(17)21)13-20(11-17)15(19)14-8-6-5-7-9-14/h5-9,15-16,21H,3-4,10-13H2,1-2H3/p+2. The Balaban J connectivity index is 1.75. The molecule has 0 amide bonds. The van der Waals surface area contributed by atoms with Crippen LogP contribution in [0.25, 0.3) is 0 Å². The molecule has 0 radical (unpaired) electrons. The van der Waals surface area contributed by atoms with E-state index in [4.69, 9.17) is 0 Å². The van der Waals surface area contributed by atoms with Crippen LogP contribution >= 0.6 is 0 Å². The summed E-state index contributed by atoms with van der Waals surface area (Å²) in [5.74, 6) is 0. The Hall–Kier alpha value is -0.900. The van der Waals surface area contributed by atoms with E-state index in [0.717, 1.165) is 39.0 Å². The highest BCUT2D eigenvalue weighted by molar-refractivity contribution is 5.17. The normalized spacial score (nSPS) is 47.8. The van der Waals surface area contributed by atoms with E-state index < -0.39 is 0 Å². The second-order valence-corrected chi connectivity index (χ2v) is 7.70. The van der Waals surface area contributed by atoms with Crippen molar-refractivity contribution in [2.24, 2.45) is 10.8 Å². The molecule has 114 valence electrons. The second kappa shape index (κ2) is 4.55. The van der Waals surface area contributed by atoms with Crippen LogP contribution in [0.5, 0.6) is 0 Å². The molecule has 0 saturated carbocycles. The van der Waals surface area contributed by atoms with Gasteiger partial charge in [-0.1, -0.05) is 32.0 Å². The molecule has 0 spiro atoms. The molecule has 3 heteroatoms. The minimum atomic E-state index is -0.0933. The van der Waals surface area contributed by atoms with Crippen molar-refractivity contribution < 1.29 is 14.9 Å². The summed E-state index contributed by atoms with van der Waals surface area (Å²) in [7, 11) is 0. The van der Waals surface area contributed by atoms with Gasteiger partial charge in [-0.05, 0) is 25.0 Å². The summed E-state index contributed by atoms with van der Waals surface area (Å²) in [6.07, 6.45) is 2.72. The van der Waals surface area contributed by atoms with Gasteiger partial charge in [-0.2, -0.15) is 0 Å². The van der Waals surface area contributed by atoms with Crippen molar-refractivity contribution in [3.05, 3.63) is 35.9 Å². The van der Waals surface area contributed by atoms with Crippen LogP contribution in [0, 0.1) is 10.8 Å². The van der Waals surface area contributed by atoms with Crippen molar-refractivity contribution >= 4 is 0 Å². The van der Waals surface area contributed by atoms with Crippen LogP contribution in [-0.2, 0) is 0 Å². The molecule has 4 bridgehead atoms. The van der Waals surface area contributed by atoms with E-state index in [1.54, 1.807) is 9.80 Å². The third-order valence-corrected chi connectivity index (χ3v) is 6.83. The first kappa shape index (κ1) is 13.7. The lowest BCUT2D eigenvalue weighted by Crippen LogP contribution is -3.41. The van der Waals surface area contributed by atoms with Crippen molar-refractivity contribution in [3.8, 4) is 0 Å². The molecular formula is C18H28N2O+2. The first-order valence-corrected chi connectivity index (χ1v) is 8.56. The molecule has 0 atom stereocenters. The van der Waals surface area contributed by atoms with Crippen LogP contribution in [-0.4, -0.2) is 37.4 Å². The average molecular weight is 288 g/mol. The lowest BCUT2D eigenvalue weighted by molar-refractivity contribution is -1.19. The third kappa shape index (κ3) is 1.71. The van der Waals surface area contributed by atoms with Gasteiger partial charge in [0.1, 0.15) is 0 Å². The maximum Gasteiger partial charge on any atom is 0.240 e. The van der Waals surface area contributed by atoms with Crippen LogP contribution in [0.4, 0.5) is 0 Å². The Morgan fingerprint density at radius 2 is 1.43 bits per heavy atom. The molecule has 4 saturated heterocycles. The first-order chi connectivity index (χ1) is 10.1. The van der Waals surface area contributed by atoms with Gasteiger partial charge in [0.05, 0.1) is 48.7 Å². The van der Waals surface area contributed by atoms with Crippen molar-refractivity contribution in [2.45, 2.75) is 39.0 Å². The number of aliphatic hydroxyl groups is 1.